The number of hydrogen-bond acceptors (Lipinski definition) is 8. The number of phosphoric acid groups is 1. The number of rotatable bonds is 23. The zero-order chi connectivity index (χ0) is 35.4. The van der Waals surface area contributed by atoms with Crippen LogP contribution in [0.1, 0.15) is 34.2 Å². The molecule has 0 aromatic heterocycles. The number of hydroxylamine groups is 2. The van der Waals surface area contributed by atoms with Gasteiger partial charge in [0.2, 0.25) is 6.41 Å². The minimum absolute atomic E-state index is 0.0261. The van der Waals surface area contributed by atoms with Crippen LogP contribution in [0.3, 0.4) is 0 Å². The van der Waals surface area contributed by atoms with Crippen LogP contribution >= 0.6 is 7.82 Å². The van der Waals surface area contributed by atoms with Gasteiger partial charge in [-0.25, -0.2) is 9.63 Å². The molecule has 1 amide bonds. The molecule has 10 heteroatoms. The van der Waals surface area contributed by atoms with Crippen molar-refractivity contribution in [1.29, 1.82) is 0 Å². The molecule has 2 atom stereocenters. The van der Waals surface area contributed by atoms with E-state index in [4.69, 9.17) is 27.9 Å². The Morgan fingerprint density at radius 3 is 1.27 bits per heavy atom. The van der Waals surface area contributed by atoms with Crippen molar-refractivity contribution in [2.24, 2.45) is 0 Å². The van der Waals surface area contributed by atoms with E-state index in [1.165, 1.54) is 5.06 Å². The Bertz CT molecular complexity index is 1670. The van der Waals surface area contributed by atoms with E-state index in [9.17, 15) is 9.36 Å². The lowest BCUT2D eigenvalue weighted by molar-refractivity contribution is -0.190. The van der Waals surface area contributed by atoms with Gasteiger partial charge in [-0.15, -0.1) is 0 Å². The van der Waals surface area contributed by atoms with Gasteiger partial charge in [0, 0.05) is 6.42 Å². The largest absolute Gasteiger partial charge is 0.475 e. The van der Waals surface area contributed by atoms with E-state index in [0.29, 0.717) is 13.0 Å². The average molecular weight is 710 g/mol. The van der Waals surface area contributed by atoms with Crippen LogP contribution < -0.4 is 0 Å². The van der Waals surface area contributed by atoms with E-state index in [2.05, 4.69) is 0 Å². The topological polar surface area (TPSA) is 92.8 Å². The first-order chi connectivity index (χ1) is 25.1. The Hall–Kier alpha value is -4.44. The number of phosphoric ester groups is 1. The van der Waals surface area contributed by atoms with Gasteiger partial charge in [0.05, 0.1) is 51.8 Å². The van der Waals surface area contributed by atoms with Crippen molar-refractivity contribution in [3.8, 4) is 0 Å². The Morgan fingerprint density at radius 2 is 0.863 bits per heavy atom. The predicted octanol–water partition coefficient (Wildman–Crippen LogP) is 8.70. The average Bonchev–Trinajstić information content (AvgIpc) is 3.20. The number of amides is 1. The maximum absolute atomic E-state index is 14.2. The normalized spacial score (nSPS) is 12.6. The summed E-state index contributed by atoms with van der Waals surface area (Å²) in [6.45, 7) is 0.801. The zero-order valence-corrected chi connectivity index (χ0v) is 29.4. The minimum Gasteiger partial charge on any atom is -0.371 e. The maximum atomic E-state index is 14.2. The Kier molecular flexibility index (Phi) is 15.6. The molecule has 0 fully saturated rings. The van der Waals surface area contributed by atoms with Crippen LogP contribution in [0, 0.1) is 0 Å². The third-order valence-corrected chi connectivity index (χ3v) is 9.16. The molecular formula is C41H44NO8P. The van der Waals surface area contributed by atoms with Gasteiger partial charge < -0.3 is 9.47 Å². The Balaban J connectivity index is 1.32. The highest BCUT2D eigenvalue weighted by atomic mass is 31.2. The van der Waals surface area contributed by atoms with Crippen molar-refractivity contribution in [3.63, 3.8) is 0 Å². The van der Waals surface area contributed by atoms with Crippen LogP contribution in [0.15, 0.2) is 152 Å². The molecule has 0 saturated heterocycles. The first-order valence-electron chi connectivity index (χ1n) is 16.9. The molecule has 266 valence electrons. The van der Waals surface area contributed by atoms with Gasteiger partial charge >= 0.3 is 7.82 Å². The molecule has 5 rings (SSSR count). The highest BCUT2D eigenvalue weighted by Crippen LogP contribution is 2.51. The van der Waals surface area contributed by atoms with Crippen molar-refractivity contribution >= 4 is 14.2 Å². The molecule has 0 radical (unpaired) electrons. The summed E-state index contributed by atoms with van der Waals surface area (Å²) >= 11 is 0. The second-order valence-corrected chi connectivity index (χ2v) is 13.5. The molecule has 9 nitrogen and oxygen atoms in total. The lowest BCUT2D eigenvalue weighted by atomic mass is 10.1. The van der Waals surface area contributed by atoms with Crippen molar-refractivity contribution in [2.75, 3.05) is 13.2 Å². The van der Waals surface area contributed by atoms with Crippen molar-refractivity contribution in [1.82, 2.24) is 5.06 Å². The number of ether oxygens (including phenoxy) is 2. The van der Waals surface area contributed by atoms with Crippen LogP contribution in [0.5, 0.6) is 0 Å². The highest BCUT2D eigenvalue weighted by molar-refractivity contribution is 7.48. The molecular weight excluding hydrogens is 665 g/mol. The maximum Gasteiger partial charge on any atom is 0.475 e. The van der Waals surface area contributed by atoms with Crippen LogP contribution in [0.4, 0.5) is 0 Å². The fraction of sp³-hybridized carbons (Fsp3) is 0.244. The molecule has 0 saturated carbocycles. The predicted molar refractivity (Wildman–Crippen MR) is 195 cm³/mol. The van der Waals surface area contributed by atoms with E-state index >= 15 is 0 Å². The van der Waals surface area contributed by atoms with Gasteiger partial charge in [0.1, 0.15) is 6.61 Å². The Labute approximate surface area is 300 Å². The van der Waals surface area contributed by atoms with Gasteiger partial charge in [-0.3, -0.25) is 23.2 Å². The van der Waals surface area contributed by atoms with Crippen molar-refractivity contribution in [3.05, 3.63) is 179 Å². The molecule has 5 aromatic rings. The van der Waals surface area contributed by atoms with Crippen LogP contribution in [0.2, 0.25) is 0 Å². The molecule has 51 heavy (non-hydrogen) atoms. The monoisotopic (exact) mass is 709 g/mol. The van der Waals surface area contributed by atoms with Crippen LogP contribution in [0.25, 0.3) is 0 Å². The molecule has 0 N–H and O–H groups in total. The second kappa shape index (κ2) is 21.0. The standard InChI is InChI=1S/C41H44NO8P/c43-34-42(47-30-37-20-10-3-11-21-37)27-40(45-28-35-16-6-1-7-17-35)26-41(46-29-36-18-8-2-9-19-36)33-50-51(44,48-31-38-22-12-4-13-23-38)49-32-39-24-14-5-15-25-39/h1-25,34,40-41H,26-33H2. The van der Waals surface area contributed by atoms with E-state index in [1.54, 1.807) is 0 Å². The molecule has 0 heterocycles. The fourth-order valence-corrected chi connectivity index (χ4v) is 6.24. The number of nitrogens with zero attached hydrogens (tertiary/aromatic N) is 1. The molecule has 0 spiro atoms. The summed E-state index contributed by atoms with van der Waals surface area (Å²) in [7, 11) is -4.10. The van der Waals surface area contributed by atoms with Crippen molar-refractivity contribution in [2.45, 2.75) is 51.7 Å². The number of benzene rings is 5. The molecule has 0 aliphatic carbocycles. The summed E-state index contributed by atoms with van der Waals surface area (Å²) in [4.78, 5) is 18.0. The minimum atomic E-state index is -4.10. The third kappa shape index (κ3) is 14.0. The van der Waals surface area contributed by atoms with Gasteiger partial charge in [-0.05, 0) is 27.8 Å². The lowest BCUT2D eigenvalue weighted by Gasteiger charge is -2.28. The van der Waals surface area contributed by atoms with E-state index in [0.717, 1.165) is 27.8 Å². The summed E-state index contributed by atoms with van der Waals surface area (Å²) in [5.41, 5.74) is 4.48. The van der Waals surface area contributed by atoms with Crippen LogP contribution in [-0.2, 0) is 70.3 Å². The first kappa shape index (κ1) is 37.8. The smallest absolute Gasteiger partial charge is 0.371 e. The number of hydrogen-bond donors (Lipinski definition) is 0. The molecule has 5 aromatic carbocycles. The van der Waals surface area contributed by atoms with Crippen molar-refractivity contribution < 1.29 is 37.2 Å². The first-order valence-corrected chi connectivity index (χ1v) is 18.3. The van der Waals surface area contributed by atoms with Gasteiger partial charge in [0.25, 0.3) is 0 Å². The summed E-state index contributed by atoms with van der Waals surface area (Å²) < 4.78 is 44.7. The van der Waals surface area contributed by atoms with Crippen LogP contribution in [-0.4, -0.2) is 36.8 Å². The second-order valence-electron chi connectivity index (χ2n) is 11.8. The quantitative estimate of drug-likeness (QED) is 0.0378. The van der Waals surface area contributed by atoms with E-state index in [-0.39, 0.29) is 46.0 Å². The fourth-order valence-electron chi connectivity index (χ4n) is 5.05. The van der Waals surface area contributed by atoms with E-state index < -0.39 is 20.0 Å². The summed E-state index contributed by atoms with van der Waals surface area (Å²) in [6.07, 6.45) is -0.273. The van der Waals surface area contributed by atoms with Gasteiger partial charge in [-0.2, -0.15) is 0 Å². The molecule has 0 bridgehead atoms. The molecule has 0 aliphatic heterocycles. The summed E-state index contributed by atoms with van der Waals surface area (Å²) in [5.74, 6) is 0. The van der Waals surface area contributed by atoms with E-state index in [1.807, 2.05) is 152 Å². The SMILES string of the molecule is O=CN(CC(CC(COP(=O)(OCc1ccccc1)OCc1ccccc1)OCc1ccccc1)OCc1ccccc1)OCc1ccccc1. The molecule has 0 aliphatic rings. The number of carbonyl (C=O) groups is 1. The Morgan fingerprint density at radius 1 is 0.490 bits per heavy atom. The molecule has 2 unspecified atom stereocenters. The van der Waals surface area contributed by atoms with Gasteiger partial charge in [0.15, 0.2) is 0 Å². The third-order valence-electron chi connectivity index (χ3n) is 7.81. The zero-order valence-electron chi connectivity index (χ0n) is 28.5. The summed E-state index contributed by atoms with van der Waals surface area (Å²) in [6, 6.07) is 47.9. The summed E-state index contributed by atoms with van der Waals surface area (Å²) in [5, 5.41) is 1.23. The lowest BCUT2D eigenvalue weighted by Crippen LogP contribution is -2.37. The number of carbonyl (C=O) groups excluding carboxylic acids is 1. The highest BCUT2D eigenvalue weighted by Gasteiger charge is 2.31. The van der Waals surface area contributed by atoms with Gasteiger partial charge in [-0.1, -0.05) is 152 Å².